The van der Waals surface area contributed by atoms with E-state index in [-0.39, 0.29) is 30.6 Å². The molecular weight excluding hydrogens is 404 g/mol. The number of nitrogens with zero attached hydrogens (tertiary/aromatic N) is 2. The lowest BCUT2D eigenvalue weighted by molar-refractivity contribution is -0.122. The van der Waals surface area contributed by atoms with Gasteiger partial charge in [0.25, 0.3) is 0 Å². The Kier molecular flexibility index (Phi) is 7.54. The van der Waals surface area contributed by atoms with Gasteiger partial charge in [-0.05, 0) is 61.2 Å². The Balaban J connectivity index is 1.60. The van der Waals surface area contributed by atoms with Gasteiger partial charge in [0.2, 0.25) is 17.7 Å². The van der Waals surface area contributed by atoms with Gasteiger partial charge in [-0.25, -0.2) is 0 Å². The number of anilines is 3. The summed E-state index contributed by atoms with van der Waals surface area (Å²) in [6, 6.07) is 14.7. The van der Waals surface area contributed by atoms with Gasteiger partial charge in [-0.3, -0.25) is 19.4 Å². The highest BCUT2D eigenvalue weighted by molar-refractivity contribution is 5.99. The lowest BCUT2D eigenvalue weighted by Crippen LogP contribution is -2.32. The third-order valence-electron chi connectivity index (χ3n) is 5.06. The van der Waals surface area contributed by atoms with Crippen LogP contribution in [0.15, 0.2) is 54.7 Å². The number of pyridine rings is 1. The van der Waals surface area contributed by atoms with Crippen LogP contribution >= 0.6 is 0 Å². The van der Waals surface area contributed by atoms with Crippen molar-refractivity contribution in [2.24, 2.45) is 0 Å². The molecule has 166 valence electrons. The van der Waals surface area contributed by atoms with Crippen molar-refractivity contribution in [3.05, 3.63) is 60.4 Å². The van der Waals surface area contributed by atoms with Crippen molar-refractivity contribution in [3.8, 4) is 0 Å². The average Bonchev–Trinajstić information content (AvgIpc) is 2.76. The normalized spacial score (nSPS) is 10.6. The van der Waals surface area contributed by atoms with Crippen LogP contribution in [0.2, 0.25) is 0 Å². The first-order valence-electron chi connectivity index (χ1n) is 10.7. The number of rotatable bonds is 8. The van der Waals surface area contributed by atoms with Crippen LogP contribution in [-0.4, -0.2) is 29.3 Å². The SMILES string of the molecule is CCCN(C(=O)CCC(=O)Nc1ccc2c(C)nccc2c1)c1ccc(NC(C)=O)cc1. The van der Waals surface area contributed by atoms with Crippen molar-refractivity contribution in [2.75, 3.05) is 22.1 Å². The molecule has 0 saturated carbocycles. The first-order valence-corrected chi connectivity index (χ1v) is 10.7. The van der Waals surface area contributed by atoms with Crippen molar-refractivity contribution >= 4 is 45.6 Å². The first kappa shape index (κ1) is 22.9. The Bertz CT molecular complexity index is 1130. The topological polar surface area (TPSA) is 91.4 Å². The number of hydrogen-bond donors (Lipinski definition) is 2. The Morgan fingerprint density at radius 1 is 0.938 bits per heavy atom. The molecule has 3 amide bonds. The highest BCUT2D eigenvalue weighted by Crippen LogP contribution is 2.22. The zero-order valence-electron chi connectivity index (χ0n) is 18.6. The average molecular weight is 433 g/mol. The number of hydrogen-bond acceptors (Lipinski definition) is 4. The molecule has 1 heterocycles. The molecule has 0 spiro atoms. The lowest BCUT2D eigenvalue weighted by Gasteiger charge is -2.22. The molecule has 0 bridgehead atoms. The predicted octanol–water partition coefficient (Wildman–Crippen LogP) is 4.66. The molecule has 0 atom stereocenters. The molecule has 3 rings (SSSR count). The molecule has 2 aromatic carbocycles. The van der Waals surface area contributed by atoms with Crippen LogP contribution in [0.25, 0.3) is 10.8 Å². The zero-order chi connectivity index (χ0) is 23.1. The third kappa shape index (κ3) is 5.91. The number of fused-ring (bicyclic) bond motifs is 1. The summed E-state index contributed by atoms with van der Waals surface area (Å²) in [5.74, 6) is -0.473. The molecular formula is C25H28N4O3. The van der Waals surface area contributed by atoms with Gasteiger partial charge in [-0.15, -0.1) is 0 Å². The van der Waals surface area contributed by atoms with Crippen molar-refractivity contribution in [1.82, 2.24) is 4.98 Å². The number of amides is 3. The maximum Gasteiger partial charge on any atom is 0.227 e. The standard InChI is InChI=1S/C25H28N4O3/c1-4-15-29(22-8-5-20(6-9-22)27-18(3)30)25(32)12-11-24(31)28-21-7-10-23-17(2)26-14-13-19(23)16-21/h5-10,13-14,16H,4,11-12,15H2,1-3H3,(H,27,30)(H,28,31). The summed E-state index contributed by atoms with van der Waals surface area (Å²) in [5, 5.41) is 7.63. The maximum atomic E-state index is 12.8. The fourth-order valence-corrected chi connectivity index (χ4v) is 3.54. The van der Waals surface area contributed by atoms with Crippen LogP contribution in [0.1, 0.15) is 38.8 Å². The highest BCUT2D eigenvalue weighted by atomic mass is 16.2. The maximum absolute atomic E-state index is 12.8. The van der Waals surface area contributed by atoms with E-state index >= 15 is 0 Å². The molecule has 0 aliphatic rings. The number of carbonyl (C=O) groups is 3. The molecule has 3 aromatic rings. The fraction of sp³-hybridized carbons (Fsp3) is 0.280. The van der Waals surface area contributed by atoms with Crippen LogP contribution in [0.5, 0.6) is 0 Å². The van der Waals surface area contributed by atoms with E-state index in [9.17, 15) is 14.4 Å². The van der Waals surface area contributed by atoms with Gasteiger partial charge in [0.15, 0.2) is 0 Å². The quantitative estimate of drug-likeness (QED) is 0.541. The van der Waals surface area contributed by atoms with Crippen molar-refractivity contribution < 1.29 is 14.4 Å². The molecule has 2 N–H and O–H groups in total. The second-order valence-corrected chi connectivity index (χ2v) is 7.65. The van der Waals surface area contributed by atoms with Crippen molar-refractivity contribution in [2.45, 2.75) is 40.0 Å². The van der Waals surface area contributed by atoms with Gasteiger partial charge in [-0.1, -0.05) is 13.0 Å². The first-order chi connectivity index (χ1) is 15.4. The number of aryl methyl sites for hydroxylation is 1. The number of aromatic nitrogens is 1. The number of carbonyl (C=O) groups excluding carboxylic acids is 3. The molecule has 7 heteroatoms. The summed E-state index contributed by atoms with van der Waals surface area (Å²) < 4.78 is 0. The number of nitrogens with one attached hydrogen (secondary N) is 2. The fourth-order valence-electron chi connectivity index (χ4n) is 3.54. The van der Waals surface area contributed by atoms with Gasteiger partial charge in [0.1, 0.15) is 0 Å². The second kappa shape index (κ2) is 10.5. The Morgan fingerprint density at radius 3 is 2.34 bits per heavy atom. The van der Waals surface area contributed by atoms with E-state index in [1.54, 1.807) is 35.4 Å². The van der Waals surface area contributed by atoms with Crippen LogP contribution in [-0.2, 0) is 14.4 Å². The van der Waals surface area contributed by atoms with Crippen LogP contribution in [0.4, 0.5) is 17.1 Å². The van der Waals surface area contributed by atoms with Crippen LogP contribution in [0.3, 0.4) is 0 Å². The smallest absolute Gasteiger partial charge is 0.227 e. The Hall–Kier alpha value is -3.74. The number of benzene rings is 2. The van der Waals surface area contributed by atoms with Gasteiger partial charge in [0, 0.05) is 60.6 Å². The predicted molar refractivity (Wildman–Crippen MR) is 128 cm³/mol. The molecule has 0 unspecified atom stereocenters. The van der Waals surface area contributed by atoms with E-state index in [0.717, 1.165) is 28.6 Å². The molecule has 1 aromatic heterocycles. The minimum Gasteiger partial charge on any atom is -0.326 e. The van der Waals surface area contributed by atoms with E-state index in [4.69, 9.17) is 0 Å². The van der Waals surface area contributed by atoms with Gasteiger partial charge < -0.3 is 15.5 Å². The molecule has 32 heavy (non-hydrogen) atoms. The molecule has 0 aliphatic carbocycles. The van der Waals surface area contributed by atoms with Gasteiger partial charge in [0.05, 0.1) is 0 Å². The zero-order valence-corrected chi connectivity index (χ0v) is 18.6. The van der Waals surface area contributed by atoms with Crippen LogP contribution in [0, 0.1) is 6.92 Å². The minimum absolute atomic E-state index is 0.0937. The van der Waals surface area contributed by atoms with E-state index in [2.05, 4.69) is 15.6 Å². The van der Waals surface area contributed by atoms with Crippen LogP contribution < -0.4 is 15.5 Å². The summed E-state index contributed by atoms with van der Waals surface area (Å²) in [5.41, 5.74) is 3.04. The van der Waals surface area contributed by atoms with Gasteiger partial charge >= 0.3 is 0 Å². The highest BCUT2D eigenvalue weighted by Gasteiger charge is 2.17. The lowest BCUT2D eigenvalue weighted by atomic mass is 10.1. The monoisotopic (exact) mass is 432 g/mol. The van der Waals surface area contributed by atoms with E-state index in [0.29, 0.717) is 17.9 Å². The summed E-state index contributed by atoms with van der Waals surface area (Å²) in [6.45, 7) is 5.94. The Morgan fingerprint density at radius 2 is 1.66 bits per heavy atom. The van der Waals surface area contributed by atoms with E-state index < -0.39 is 0 Å². The summed E-state index contributed by atoms with van der Waals surface area (Å²) in [7, 11) is 0. The van der Waals surface area contributed by atoms with Crippen molar-refractivity contribution in [1.29, 1.82) is 0 Å². The second-order valence-electron chi connectivity index (χ2n) is 7.65. The summed E-state index contributed by atoms with van der Waals surface area (Å²) in [6.07, 6.45) is 2.73. The van der Waals surface area contributed by atoms with Crippen molar-refractivity contribution in [3.63, 3.8) is 0 Å². The Labute approximate surface area is 187 Å². The molecule has 7 nitrogen and oxygen atoms in total. The summed E-state index contributed by atoms with van der Waals surface area (Å²) >= 11 is 0. The molecule has 0 saturated heterocycles. The molecule has 0 aliphatic heterocycles. The summed E-state index contributed by atoms with van der Waals surface area (Å²) in [4.78, 5) is 42.4. The van der Waals surface area contributed by atoms with E-state index in [1.165, 1.54) is 6.92 Å². The van der Waals surface area contributed by atoms with E-state index in [1.807, 2.05) is 38.1 Å². The largest absolute Gasteiger partial charge is 0.326 e. The van der Waals surface area contributed by atoms with Gasteiger partial charge in [-0.2, -0.15) is 0 Å². The minimum atomic E-state index is -0.207. The molecule has 0 radical (unpaired) electrons. The third-order valence-corrected chi connectivity index (χ3v) is 5.06. The molecule has 0 fully saturated rings.